The van der Waals surface area contributed by atoms with E-state index in [2.05, 4.69) is 18.7 Å². The molecule has 1 saturated heterocycles. The van der Waals surface area contributed by atoms with Crippen LogP contribution in [0.15, 0.2) is 0 Å². The van der Waals surface area contributed by atoms with Crippen molar-refractivity contribution in [2.24, 2.45) is 0 Å². The minimum atomic E-state index is -3.20. The van der Waals surface area contributed by atoms with E-state index in [1.54, 1.807) is 0 Å². The van der Waals surface area contributed by atoms with Crippen LogP contribution in [0.2, 0.25) is 0 Å². The predicted octanol–water partition coefficient (Wildman–Crippen LogP) is -0.461. The maximum Gasteiger partial charge on any atom is 0.211 e. The fraction of sp³-hybridized carbons (Fsp3) is 0.900. The van der Waals surface area contributed by atoms with E-state index in [-0.39, 0.29) is 12.6 Å². The average molecular weight is 249 g/mol. The minimum absolute atomic E-state index is 0.119. The van der Waals surface area contributed by atoms with Gasteiger partial charge in [0.25, 0.3) is 0 Å². The van der Waals surface area contributed by atoms with Crippen LogP contribution in [0, 0.1) is 5.92 Å². The van der Waals surface area contributed by atoms with Gasteiger partial charge in [0.1, 0.15) is 0 Å². The van der Waals surface area contributed by atoms with Crippen LogP contribution in [0.1, 0.15) is 13.8 Å². The van der Waals surface area contributed by atoms with Crippen molar-refractivity contribution in [1.29, 1.82) is 0 Å². The normalized spacial score (nSPS) is 25.2. The van der Waals surface area contributed by atoms with Gasteiger partial charge in [0.2, 0.25) is 10.0 Å². The number of sulfonamides is 1. The predicted molar refractivity (Wildman–Crippen MR) is 63.5 cm³/mol. The first-order valence-electron chi connectivity index (χ1n) is 5.43. The molecule has 6 heteroatoms. The summed E-state index contributed by atoms with van der Waals surface area (Å²) in [6.45, 7) is 6.66. The van der Waals surface area contributed by atoms with Crippen LogP contribution in [0.3, 0.4) is 0 Å². The van der Waals surface area contributed by atoms with Crippen LogP contribution in [0.25, 0.3) is 0 Å². The summed E-state index contributed by atoms with van der Waals surface area (Å²) >= 11 is 0. The quantitative estimate of drug-likeness (QED) is 0.732. The maximum atomic E-state index is 11.5. The first-order chi connectivity index (χ1) is 7.34. The highest BCUT2D eigenvalue weighted by Gasteiger charge is 2.32. The molecule has 0 amide bonds. The lowest BCUT2D eigenvalue weighted by molar-refractivity contribution is 0.0947. The van der Waals surface area contributed by atoms with Gasteiger partial charge in [-0.2, -0.15) is 4.31 Å². The van der Waals surface area contributed by atoms with Gasteiger partial charge in [0.05, 0.1) is 18.9 Å². The zero-order valence-corrected chi connectivity index (χ0v) is 11.0. The summed E-state index contributed by atoms with van der Waals surface area (Å²) in [7, 11) is -3.20. The van der Waals surface area contributed by atoms with Gasteiger partial charge >= 0.3 is 0 Å². The molecular formula is C10H21N2O3S. The van der Waals surface area contributed by atoms with Crippen LogP contribution < -0.4 is 0 Å². The Morgan fingerprint density at radius 2 is 2.00 bits per heavy atom. The van der Waals surface area contributed by atoms with Crippen molar-refractivity contribution in [3.8, 4) is 0 Å². The summed E-state index contributed by atoms with van der Waals surface area (Å²) in [5, 5.41) is 9.24. The molecule has 0 aromatic rings. The van der Waals surface area contributed by atoms with E-state index in [4.69, 9.17) is 0 Å². The van der Waals surface area contributed by atoms with E-state index in [0.717, 1.165) is 13.1 Å². The van der Waals surface area contributed by atoms with Crippen molar-refractivity contribution in [3.05, 3.63) is 5.92 Å². The molecule has 0 aliphatic carbocycles. The molecule has 1 rings (SSSR count). The Morgan fingerprint density at radius 1 is 1.38 bits per heavy atom. The standard InChI is InChI=1S/C10H21N2O3S/c1-9(2)6-11-4-5-12(16(3,14)15)10(7-11)8-13/h10,13H,4-8H2,1-3H3. The smallest absolute Gasteiger partial charge is 0.211 e. The molecular weight excluding hydrogens is 228 g/mol. The lowest BCUT2D eigenvalue weighted by Crippen LogP contribution is -2.56. The van der Waals surface area contributed by atoms with Gasteiger partial charge in [-0.25, -0.2) is 8.42 Å². The van der Waals surface area contributed by atoms with Gasteiger partial charge in [0.15, 0.2) is 0 Å². The third-order valence-electron chi connectivity index (χ3n) is 2.69. The molecule has 0 bridgehead atoms. The minimum Gasteiger partial charge on any atom is -0.395 e. The third kappa shape index (κ3) is 3.69. The van der Waals surface area contributed by atoms with Gasteiger partial charge in [0, 0.05) is 26.2 Å². The van der Waals surface area contributed by atoms with Crippen molar-refractivity contribution in [1.82, 2.24) is 9.21 Å². The van der Waals surface area contributed by atoms with Crippen LogP contribution in [-0.2, 0) is 10.0 Å². The van der Waals surface area contributed by atoms with E-state index < -0.39 is 10.0 Å². The van der Waals surface area contributed by atoms with Crippen LogP contribution in [-0.4, -0.2) is 67.8 Å². The maximum absolute atomic E-state index is 11.5. The Balaban J connectivity index is 2.64. The van der Waals surface area contributed by atoms with E-state index in [0.29, 0.717) is 13.1 Å². The van der Waals surface area contributed by atoms with E-state index in [1.165, 1.54) is 16.5 Å². The molecule has 0 aromatic carbocycles. The number of hydrogen-bond donors (Lipinski definition) is 1. The summed E-state index contributed by atoms with van der Waals surface area (Å²) in [5.74, 6) is 1.30. The van der Waals surface area contributed by atoms with Crippen LogP contribution in [0.4, 0.5) is 0 Å². The first-order valence-corrected chi connectivity index (χ1v) is 7.28. The fourth-order valence-electron chi connectivity index (χ4n) is 2.08. The molecule has 1 heterocycles. The molecule has 1 unspecified atom stereocenters. The average Bonchev–Trinajstić information content (AvgIpc) is 2.14. The number of hydrogen-bond acceptors (Lipinski definition) is 4. The lowest BCUT2D eigenvalue weighted by atomic mass is 10.1. The highest BCUT2D eigenvalue weighted by molar-refractivity contribution is 7.88. The van der Waals surface area contributed by atoms with Gasteiger partial charge in [-0.3, -0.25) is 4.90 Å². The van der Waals surface area contributed by atoms with Crippen molar-refractivity contribution < 1.29 is 13.5 Å². The number of piperazine rings is 1. The van der Waals surface area contributed by atoms with E-state index in [1.807, 2.05) is 0 Å². The second-order valence-corrected chi connectivity index (χ2v) is 6.59. The molecule has 1 aliphatic heterocycles. The summed E-state index contributed by atoms with van der Waals surface area (Å²) in [4.78, 5) is 2.18. The number of rotatable bonds is 4. The van der Waals surface area contributed by atoms with Crippen molar-refractivity contribution in [3.63, 3.8) is 0 Å². The highest BCUT2D eigenvalue weighted by atomic mass is 32.2. The largest absolute Gasteiger partial charge is 0.395 e. The Hall–Kier alpha value is -0.170. The fourth-order valence-corrected chi connectivity index (χ4v) is 3.17. The summed E-state index contributed by atoms with van der Waals surface area (Å²) in [6, 6.07) is -0.303. The molecule has 0 saturated carbocycles. The number of nitrogens with zero attached hydrogens (tertiary/aromatic N) is 2. The molecule has 1 atom stereocenters. The van der Waals surface area contributed by atoms with E-state index in [9.17, 15) is 13.5 Å². The molecule has 0 spiro atoms. The van der Waals surface area contributed by atoms with Gasteiger partial charge in [-0.1, -0.05) is 13.8 Å². The Morgan fingerprint density at radius 3 is 2.44 bits per heavy atom. The van der Waals surface area contributed by atoms with Gasteiger partial charge < -0.3 is 5.11 Å². The third-order valence-corrected chi connectivity index (χ3v) is 4.02. The zero-order valence-electron chi connectivity index (χ0n) is 10.2. The number of aliphatic hydroxyl groups is 1. The number of aliphatic hydroxyl groups excluding tert-OH is 1. The molecule has 95 valence electrons. The Labute approximate surface area is 98.1 Å². The monoisotopic (exact) mass is 249 g/mol. The molecule has 0 aromatic heterocycles. The van der Waals surface area contributed by atoms with E-state index >= 15 is 0 Å². The summed E-state index contributed by atoms with van der Waals surface area (Å²) in [6.07, 6.45) is 1.20. The first kappa shape index (κ1) is 13.9. The summed E-state index contributed by atoms with van der Waals surface area (Å²) < 4.78 is 24.3. The van der Waals surface area contributed by atoms with Crippen LogP contribution in [0.5, 0.6) is 0 Å². The van der Waals surface area contributed by atoms with Gasteiger partial charge in [-0.15, -0.1) is 0 Å². The molecule has 1 N–H and O–H groups in total. The second kappa shape index (κ2) is 5.44. The topological polar surface area (TPSA) is 60.9 Å². The Kier molecular flexibility index (Phi) is 4.73. The van der Waals surface area contributed by atoms with Crippen LogP contribution >= 0.6 is 0 Å². The summed E-state index contributed by atoms with van der Waals surface area (Å²) in [5.41, 5.74) is 0. The van der Waals surface area contributed by atoms with Crippen molar-refractivity contribution in [2.75, 3.05) is 39.0 Å². The SMILES string of the molecule is C[C](C)CN1CCN(S(C)(=O)=O)C(CO)C1. The second-order valence-electron chi connectivity index (χ2n) is 4.65. The molecule has 1 radical (unpaired) electrons. The highest BCUT2D eigenvalue weighted by Crippen LogP contribution is 2.14. The molecule has 16 heavy (non-hydrogen) atoms. The van der Waals surface area contributed by atoms with Crippen molar-refractivity contribution >= 4 is 10.0 Å². The molecule has 1 aliphatic rings. The van der Waals surface area contributed by atoms with Crippen molar-refractivity contribution in [2.45, 2.75) is 19.9 Å². The lowest BCUT2D eigenvalue weighted by Gasteiger charge is -2.39. The Bertz CT molecular complexity index is 316. The molecule has 1 fully saturated rings. The molecule has 5 nitrogen and oxygen atoms in total. The van der Waals surface area contributed by atoms with Gasteiger partial charge in [-0.05, 0) is 5.92 Å². The zero-order chi connectivity index (χ0) is 12.3.